The topological polar surface area (TPSA) is 56.5 Å². The normalized spacial score (nSPS) is 14.6. The smallest absolute Gasteiger partial charge is 0.146 e. The van der Waals surface area contributed by atoms with Crippen LogP contribution in [0.2, 0.25) is 0 Å². The van der Waals surface area contributed by atoms with Crippen LogP contribution in [-0.4, -0.2) is 30.9 Å². The first-order chi connectivity index (χ1) is 12.1. The molecule has 1 aliphatic heterocycles. The average Bonchev–Trinajstić information content (AvgIpc) is 2.63. The van der Waals surface area contributed by atoms with Gasteiger partial charge in [-0.15, -0.1) is 0 Å². The quantitative estimate of drug-likeness (QED) is 0.908. The van der Waals surface area contributed by atoms with Crippen molar-refractivity contribution >= 4 is 5.69 Å². The van der Waals surface area contributed by atoms with Crippen LogP contribution >= 0.6 is 0 Å². The molecule has 130 valence electrons. The van der Waals surface area contributed by atoms with Crippen LogP contribution in [0.5, 0.6) is 5.75 Å². The van der Waals surface area contributed by atoms with Crippen molar-refractivity contribution in [2.24, 2.45) is 0 Å². The van der Waals surface area contributed by atoms with Gasteiger partial charge in [-0.1, -0.05) is 6.07 Å². The largest absolute Gasteiger partial charge is 0.491 e. The van der Waals surface area contributed by atoms with Crippen molar-refractivity contribution < 1.29 is 14.2 Å². The molecule has 0 aromatic heterocycles. The summed E-state index contributed by atoms with van der Waals surface area (Å²) >= 11 is 0. The van der Waals surface area contributed by atoms with Crippen molar-refractivity contribution in [3.8, 4) is 11.8 Å². The minimum atomic E-state index is -0.735. The van der Waals surface area contributed by atoms with E-state index in [9.17, 15) is 9.50 Å². The van der Waals surface area contributed by atoms with Crippen molar-refractivity contribution in [1.29, 1.82) is 5.26 Å². The first-order valence-corrected chi connectivity index (χ1v) is 8.42. The van der Waals surface area contributed by atoms with E-state index in [1.165, 1.54) is 6.07 Å². The second-order valence-corrected chi connectivity index (χ2v) is 6.34. The molecule has 25 heavy (non-hydrogen) atoms. The molecule has 2 aromatic rings. The third-order valence-corrected chi connectivity index (χ3v) is 4.50. The van der Waals surface area contributed by atoms with Gasteiger partial charge in [0, 0.05) is 13.1 Å². The molecule has 4 nitrogen and oxygen atoms in total. The van der Waals surface area contributed by atoms with Gasteiger partial charge in [-0.3, -0.25) is 0 Å². The van der Waals surface area contributed by atoms with E-state index in [0.717, 1.165) is 30.5 Å². The van der Waals surface area contributed by atoms with Crippen molar-refractivity contribution in [3.05, 3.63) is 58.9 Å². The number of rotatable bonds is 5. The van der Waals surface area contributed by atoms with Gasteiger partial charge in [-0.25, -0.2) is 4.39 Å². The first-order valence-electron chi connectivity index (χ1n) is 8.42. The molecule has 0 bridgehead atoms. The predicted molar refractivity (Wildman–Crippen MR) is 94.3 cm³/mol. The average molecular weight is 340 g/mol. The summed E-state index contributed by atoms with van der Waals surface area (Å²) < 4.78 is 19.9. The molecule has 1 heterocycles. The molecule has 1 unspecified atom stereocenters. The number of halogens is 1. The number of aliphatic hydroxyl groups is 1. The van der Waals surface area contributed by atoms with Crippen LogP contribution in [0.1, 0.15) is 23.1 Å². The molecule has 0 saturated heterocycles. The molecule has 0 amide bonds. The van der Waals surface area contributed by atoms with Gasteiger partial charge < -0.3 is 14.7 Å². The maximum absolute atomic E-state index is 14.3. The summed E-state index contributed by atoms with van der Waals surface area (Å²) in [5.41, 5.74) is 3.29. The number of aryl methyl sites for hydroxylation is 1. The van der Waals surface area contributed by atoms with E-state index in [4.69, 9.17) is 10.00 Å². The second-order valence-electron chi connectivity index (χ2n) is 6.34. The summed E-state index contributed by atoms with van der Waals surface area (Å²) in [6, 6.07) is 12.1. The van der Waals surface area contributed by atoms with Gasteiger partial charge in [0.2, 0.25) is 0 Å². The summed E-state index contributed by atoms with van der Waals surface area (Å²) in [6.45, 7) is 3.16. The molecule has 0 saturated carbocycles. The zero-order valence-corrected chi connectivity index (χ0v) is 14.2. The van der Waals surface area contributed by atoms with E-state index in [-0.39, 0.29) is 12.4 Å². The van der Waals surface area contributed by atoms with Gasteiger partial charge in [-0.2, -0.15) is 5.26 Å². The molecule has 1 N–H and O–H groups in total. The number of benzene rings is 2. The molecule has 1 aliphatic rings. The molecule has 0 radical (unpaired) electrons. The Labute approximate surface area is 147 Å². The molecular formula is C20H21FN2O2. The highest BCUT2D eigenvalue weighted by atomic mass is 19.1. The van der Waals surface area contributed by atoms with Crippen molar-refractivity contribution in [2.75, 3.05) is 24.6 Å². The summed E-state index contributed by atoms with van der Waals surface area (Å²) in [7, 11) is 0. The Morgan fingerprint density at radius 3 is 2.76 bits per heavy atom. The summed E-state index contributed by atoms with van der Waals surface area (Å²) in [5.74, 6) is 0.361. The van der Waals surface area contributed by atoms with E-state index in [0.29, 0.717) is 23.5 Å². The van der Waals surface area contributed by atoms with Crippen LogP contribution in [0.4, 0.5) is 10.1 Å². The number of anilines is 1. The van der Waals surface area contributed by atoms with Gasteiger partial charge in [0.05, 0.1) is 17.3 Å². The minimum Gasteiger partial charge on any atom is -0.491 e. The molecule has 5 heteroatoms. The van der Waals surface area contributed by atoms with Crippen LogP contribution in [0, 0.1) is 24.1 Å². The fraction of sp³-hybridized carbons (Fsp3) is 0.350. The first kappa shape index (κ1) is 17.2. The molecule has 3 rings (SSSR count). The van der Waals surface area contributed by atoms with E-state index in [2.05, 4.69) is 0 Å². The van der Waals surface area contributed by atoms with Gasteiger partial charge in [0.25, 0.3) is 0 Å². The third kappa shape index (κ3) is 3.92. The Hall–Kier alpha value is -2.58. The lowest BCUT2D eigenvalue weighted by Gasteiger charge is -2.34. The zero-order chi connectivity index (χ0) is 17.8. The highest BCUT2D eigenvalue weighted by Crippen LogP contribution is 2.32. The number of hydrogen-bond donors (Lipinski definition) is 1. The Kier molecular flexibility index (Phi) is 5.20. The highest BCUT2D eigenvalue weighted by molar-refractivity contribution is 5.59. The predicted octanol–water partition coefficient (Wildman–Crippen LogP) is 3.20. The van der Waals surface area contributed by atoms with E-state index in [1.54, 1.807) is 24.3 Å². The summed E-state index contributed by atoms with van der Waals surface area (Å²) in [4.78, 5) is 1.91. The summed E-state index contributed by atoms with van der Waals surface area (Å²) in [6.07, 6.45) is 1.08. The minimum absolute atomic E-state index is 0.116. The van der Waals surface area contributed by atoms with Crippen LogP contribution in [0.15, 0.2) is 36.4 Å². The molecule has 1 atom stereocenters. The lowest BCUT2D eigenvalue weighted by atomic mass is 9.96. The Morgan fingerprint density at radius 1 is 1.28 bits per heavy atom. The fourth-order valence-corrected chi connectivity index (χ4v) is 3.23. The van der Waals surface area contributed by atoms with Crippen molar-refractivity contribution in [1.82, 2.24) is 0 Å². The lowest BCUT2D eigenvalue weighted by molar-refractivity contribution is 0.111. The van der Waals surface area contributed by atoms with Crippen LogP contribution in [0.3, 0.4) is 0 Å². The lowest BCUT2D eigenvalue weighted by Crippen LogP contribution is -2.39. The van der Waals surface area contributed by atoms with Crippen LogP contribution in [0.25, 0.3) is 0 Å². The van der Waals surface area contributed by atoms with Crippen LogP contribution in [-0.2, 0) is 6.42 Å². The highest BCUT2D eigenvalue weighted by Gasteiger charge is 2.24. The number of nitriles is 1. The standard InChI is InChI=1S/C20H21FN2O2/c1-14-4-9-19(21)20-18(14)3-2-10-23(20)12-16(24)13-25-17-7-5-15(11-22)6-8-17/h4-9,16,24H,2-3,10,12-13H2,1H3. The van der Waals surface area contributed by atoms with E-state index < -0.39 is 6.10 Å². The fourth-order valence-electron chi connectivity index (χ4n) is 3.23. The molecule has 0 fully saturated rings. The number of β-amino-alcohol motifs (C(OH)–C–C–N with tert-alkyl or cyclic N) is 1. The molecule has 2 aromatic carbocycles. The second kappa shape index (κ2) is 7.54. The number of aliphatic hydroxyl groups excluding tert-OH is 1. The van der Waals surface area contributed by atoms with Crippen LogP contribution < -0.4 is 9.64 Å². The number of ether oxygens (including phenoxy) is 1. The molecule has 0 aliphatic carbocycles. The number of hydrogen-bond acceptors (Lipinski definition) is 4. The third-order valence-electron chi connectivity index (χ3n) is 4.50. The molecular weight excluding hydrogens is 319 g/mol. The van der Waals surface area contributed by atoms with Gasteiger partial charge in [0.15, 0.2) is 0 Å². The maximum atomic E-state index is 14.3. The molecule has 0 spiro atoms. The van der Waals surface area contributed by atoms with Gasteiger partial charge >= 0.3 is 0 Å². The summed E-state index contributed by atoms with van der Waals surface area (Å²) in [5, 5.41) is 19.1. The zero-order valence-electron chi connectivity index (χ0n) is 14.2. The monoisotopic (exact) mass is 340 g/mol. The van der Waals surface area contributed by atoms with Crippen molar-refractivity contribution in [3.63, 3.8) is 0 Å². The Balaban J connectivity index is 1.63. The van der Waals surface area contributed by atoms with Gasteiger partial charge in [0.1, 0.15) is 24.3 Å². The Bertz CT molecular complexity index is 784. The number of nitrogens with zero attached hydrogens (tertiary/aromatic N) is 2. The maximum Gasteiger partial charge on any atom is 0.146 e. The van der Waals surface area contributed by atoms with E-state index >= 15 is 0 Å². The Morgan fingerprint density at radius 2 is 2.04 bits per heavy atom. The van der Waals surface area contributed by atoms with E-state index in [1.807, 2.05) is 24.0 Å². The SMILES string of the molecule is Cc1ccc(F)c2c1CCCN2CC(O)COc1ccc(C#N)cc1. The number of fused-ring (bicyclic) bond motifs is 1. The van der Waals surface area contributed by atoms with Crippen molar-refractivity contribution in [2.45, 2.75) is 25.9 Å². The van der Waals surface area contributed by atoms with Gasteiger partial charge in [-0.05, 0) is 61.2 Å².